The molecule has 2 saturated heterocycles. The van der Waals surface area contributed by atoms with Crippen LogP contribution in [0.2, 0.25) is 0 Å². The molecule has 1 heteroatoms. The molecule has 0 aromatic carbocycles. The molecule has 70 valence electrons. The van der Waals surface area contributed by atoms with Crippen molar-refractivity contribution in [3.05, 3.63) is 0 Å². The number of hydrogen-bond donors (Lipinski definition) is 0. The van der Waals surface area contributed by atoms with Crippen LogP contribution in [-0.4, -0.2) is 23.5 Å². The topological polar surface area (TPSA) is 3.01 Å². The first-order valence-electron chi connectivity index (χ1n) is 5.27. The summed E-state index contributed by atoms with van der Waals surface area (Å²) in [6.45, 7) is 10.9. The van der Waals surface area contributed by atoms with Crippen molar-refractivity contribution in [1.29, 1.82) is 0 Å². The van der Waals surface area contributed by atoms with E-state index in [0.29, 0.717) is 5.41 Å². The van der Waals surface area contributed by atoms with E-state index < -0.39 is 0 Å². The Bertz CT molecular complexity index is 170. The Balaban J connectivity index is 1.96. The van der Waals surface area contributed by atoms with Gasteiger partial charge in [-0.15, -0.1) is 0 Å². The standard InChI is InChI=1S/C11H21N/c1-8(11(2,3)4)10-9-6-5-7-12(9)10/h8-10H,5-7H2,1-4H3/t8-,9+,10?,12?/m0/s1. The lowest BCUT2D eigenvalue weighted by molar-refractivity contribution is 0.229. The van der Waals surface area contributed by atoms with Crippen molar-refractivity contribution in [3.63, 3.8) is 0 Å². The third kappa shape index (κ3) is 1.19. The molecule has 2 heterocycles. The lowest BCUT2D eigenvalue weighted by Gasteiger charge is -2.28. The van der Waals surface area contributed by atoms with Crippen LogP contribution in [-0.2, 0) is 0 Å². The summed E-state index contributed by atoms with van der Waals surface area (Å²) in [5.74, 6) is 0.864. The van der Waals surface area contributed by atoms with Crippen molar-refractivity contribution in [3.8, 4) is 0 Å². The van der Waals surface area contributed by atoms with Gasteiger partial charge in [0.2, 0.25) is 0 Å². The van der Waals surface area contributed by atoms with Gasteiger partial charge < -0.3 is 0 Å². The van der Waals surface area contributed by atoms with E-state index in [9.17, 15) is 0 Å². The molecule has 2 unspecified atom stereocenters. The fourth-order valence-corrected chi connectivity index (χ4v) is 2.62. The van der Waals surface area contributed by atoms with Crippen LogP contribution in [0.1, 0.15) is 40.5 Å². The first-order chi connectivity index (χ1) is 5.52. The minimum Gasteiger partial charge on any atom is -0.294 e. The van der Waals surface area contributed by atoms with Crippen molar-refractivity contribution >= 4 is 0 Å². The van der Waals surface area contributed by atoms with E-state index in [1.807, 2.05) is 0 Å². The second kappa shape index (κ2) is 2.47. The van der Waals surface area contributed by atoms with Gasteiger partial charge in [0.25, 0.3) is 0 Å². The molecule has 0 aromatic heterocycles. The normalized spacial score (nSPS) is 42.5. The van der Waals surface area contributed by atoms with Gasteiger partial charge in [0, 0.05) is 12.1 Å². The van der Waals surface area contributed by atoms with Gasteiger partial charge in [-0.1, -0.05) is 27.7 Å². The zero-order valence-electron chi connectivity index (χ0n) is 8.80. The van der Waals surface area contributed by atoms with Gasteiger partial charge in [-0.2, -0.15) is 0 Å². The highest BCUT2D eigenvalue weighted by molar-refractivity contribution is 5.09. The average Bonchev–Trinajstić information content (AvgIpc) is 2.39. The average molecular weight is 167 g/mol. The van der Waals surface area contributed by atoms with Crippen LogP contribution >= 0.6 is 0 Å². The second-order valence-electron chi connectivity index (χ2n) is 5.59. The van der Waals surface area contributed by atoms with E-state index in [1.54, 1.807) is 0 Å². The molecule has 1 nitrogen and oxygen atoms in total. The molecule has 0 aromatic rings. The maximum absolute atomic E-state index is 2.69. The second-order valence-corrected chi connectivity index (χ2v) is 5.59. The maximum atomic E-state index is 2.69. The summed E-state index contributed by atoms with van der Waals surface area (Å²) in [6, 6.07) is 1.90. The van der Waals surface area contributed by atoms with Crippen LogP contribution in [0.4, 0.5) is 0 Å². The van der Waals surface area contributed by atoms with E-state index >= 15 is 0 Å². The monoisotopic (exact) mass is 167 g/mol. The molecule has 2 aliphatic heterocycles. The van der Waals surface area contributed by atoms with E-state index in [4.69, 9.17) is 0 Å². The van der Waals surface area contributed by atoms with Crippen molar-refractivity contribution in [2.45, 2.75) is 52.6 Å². The predicted molar refractivity (Wildman–Crippen MR) is 52.1 cm³/mol. The molecular formula is C11H21N. The van der Waals surface area contributed by atoms with E-state index in [0.717, 1.165) is 18.0 Å². The fourth-order valence-electron chi connectivity index (χ4n) is 2.62. The zero-order chi connectivity index (χ0) is 8.93. The Labute approximate surface area is 76.1 Å². The number of hydrogen-bond acceptors (Lipinski definition) is 1. The minimum absolute atomic E-state index is 0.495. The third-order valence-electron chi connectivity index (χ3n) is 3.91. The summed E-state index contributed by atoms with van der Waals surface area (Å²) >= 11 is 0. The fraction of sp³-hybridized carbons (Fsp3) is 1.00. The lowest BCUT2D eigenvalue weighted by Crippen LogP contribution is -2.26. The molecule has 0 aliphatic carbocycles. The van der Waals surface area contributed by atoms with E-state index in [2.05, 4.69) is 32.6 Å². The first kappa shape index (κ1) is 8.55. The van der Waals surface area contributed by atoms with Gasteiger partial charge in [0.1, 0.15) is 0 Å². The molecular weight excluding hydrogens is 146 g/mol. The summed E-state index contributed by atoms with van der Waals surface area (Å²) in [5, 5.41) is 0. The number of piperidine rings is 1. The molecule has 0 spiro atoms. The highest BCUT2D eigenvalue weighted by Gasteiger charge is 2.54. The SMILES string of the molecule is C[C@@H](C1[C@H]2CCCN12)C(C)(C)C. The van der Waals surface area contributed by atoms with Crippen LogP contribution in [0.25, 0.3) is 0 Å². The maximum Gasteiger partial charge on any atom is 0.0285 e. The molecule has 0 saturated carbocycles. The van der Waals surface area contributed by atoms with Gasteiger partial charge in [-0.25, -0.2) is 0 Å². The minimum atomic E-state index is 0.495. The third-order valence-corrected chi connectivity index (χ3v) is 3.91. The molecule has 2 rings (SSSR count). The van der Waals surface area contributed by atoms with Crippen molar-refractivity contribution in [2.24, 2.45) is 11.3 Å². The van der Waals surface area contributed by atoms with Gasteiger partial charge in [0.15, 0.2) is 0 Å². The summed E-state index contributed by atoms with van der Waals surface area (Å²) in [4.78, 5) is 2.69. The molecule has 2 aliphatic rings. The molecule has 12 heavy (non-hydrogen) atoms. The van der Waals surface area contributed by atoms with E-state index in [1.165, 1.54) is 19.4 Å². The number of rotatable bonds is 1. The van der Waals surface area contributed by atoms with Crippen LogP contribution in [0.15, 0.2) is 0 Å². The van der Waals surface area contributed by atoms with Crippen molar-refractivity contribution in [1.82, 2.24) is 4.90 Å². The number of nitrogens with zero attached hydrogens (tertiary/aromatic N) is 1. The number of fused-ring (bicyclic) bond motifs is 1. The Morgan fingerprint density at radius 3 is 2.42 bits per heavy atom. The summed E-state index contributed by atoms with van der Waals surface area (Å²) in [5.41, 5.74) is 0.495. The van der Waals surface area contributed by atoms with Gasteiger partial charge >= 0.3 is 0 Å². The summed E-state index contributed by atoms with van der Waals surface area (Å²) < 4.78 is 0. The highest BCUT2D eigenvalue weighted by Crippen LogP contribution is 2.47. The van der Waals surface area contributed by atoms with Crippen molar-refractivity contribution in [2.75, 3.05) is 6.54 Å². The molecule has 2 fully saturated rings. The molecule has 4 atom stereocenters. The molecule has 0 amide bonds. The Morgan fingerprint density at radius 2 is 2.00 bits per heavy atom. The van der Waals surface area contributed by atoms with Gasteiger partial charge in [-0.3, -0.25) is 4.90 Å². The lowest BCUT2D eigenvalue weighted by atomic mass is 9.78. The summed E-state index contributed by atoms with van der Waals surface area (Å²) in [7, 11) is 0. The predicted octanol–water partition coefficient (Wildman–Crippen LogP) is 2.52. The van der Waals surface area contributed by atoms with Crippen LogP contribution < -0.4 is 0 Å². The molecule has 0 radical (unpaired) electrons. The first-order valence-corrected chi connectivity index (χ1v) is 5.27. The summed E-state index contributed by atoms with van der Waals surface area (Å²) in [6.07, 6.45) is 2.91. The van der Waals surface area contributed by atoms with Crippen molar-refractivity contribution < 1.29 is 0 Å². The largest absolute Gasteiger partial charge is 0.294 e. The van der Waals surface area contributed by atoms with Crippen LogP contribution in [0.5, 0.6) is 0 Å². The Morgan fingerprint density at radius 1 is 1.33 bits per heavy atom. The molecule has 0 N–H and O–H groups in total. The van der Waals surface area contributed by atoms with Gasteiger partial charge in [0.05, 0.1) is 0 Å². The Kier molecular flexibility index (Phi) is 1.76. The Hall–Kier alpha value is -0.0400. The zero-order valence-corrected chi connectivity index (χ0v) is 8.80. The highest BCUT2D eigenvalue weighted by atomic mass is 15.4. The van der Waals surface area contributed by atoms with Crippen LogP contribution in [0.3, 0.4) is 0 Å². The van der Waals surface area contributed by atoms with E-state index in [-0.39, 0.29) is 0 Å². The smallest absolute Gasteiger partial charge is 0.0285 e. The van der Waals surface area contributed by atoms with Gasteiger partial charge in [-0.05, 0) is 30.7 Å². The van der Waals surface area contributed by atoms with Crippen LogP contribution in [0, 0.1) is 11.3 Å². The quantitative estimate of drug-likeness (QED) is 0.542. The molecule has 0 bridgehead atoms.